The molecule has 0 spiro atoms. The molecule has 2 aliphatic carbocycles. The minimum atomic E-state index is -3.39. The predicted molar refractivity (Wildman–Crippen MR) is 148 cm³/mol. The van der Waals surface area contributed by atoms with Crippen molar-refractivity contribution in [3.8, 4) is 0 Å². The molecule has 2 aromatic carbocycles. The molecule has 0 heterocycles. The van der Waals surface area contributed by atoms with Gasteiger partial charge in [0, 0.05) is 0 Å². The van der Waals surface area contributed by atoms with E-state index in [1.807, 2.05) is 18.2 Å². The van der Waals surface area contributed by atoms with Crippen LogP contribution in [0.1, 0.15) is 48.0 Å². The van der Waals surface area contributed by atoms with Gasteiger partial charge in [-0.2, -0.15) is 0 Å². The molecule has 0 saturated heterocycles. The monoisotopic (exact) mass is 602 g/mol. The molecular formula is C26H32Cl4SiZr. The van der Waals surface area contributed by atoms with E-state index in [9.17, 15) is 0 Å². The smallest absolute Gasteiger partial charge is 0.147 e. The summed E-state index contributed by atoms with van der Waals surface area (Å²) in [7, 11) is 0. The predicted octanol–water partition coefficient (Wildman–Crippen LogP) is 8.92. The second-order valence-electron chi connectivity index (χ2n) is 10.2. The largest absolute Gasteiger partial charge is 0.147 e. The Bertz CT molecular complexity index is 1230. The molecular weight excluding hydrogens is 573 g/mol. The van der Waals surface area contributed by atoms with Crippen LogP contribution in [-0.4, -0.2) is 6.88 Å². The third-order valence-electron chi connectivity index (χ3n) is 7.62. The van der Waals surface area contributed by atoms with Gasteiger partial charge in [-0.15, -0.1) is 24.8 Å². The molecule has 2 unspecified atom stereocenters. The van der Waals surface area contributed by atoms with E-state index in [1.54, 1.807) is 14.4 Å². The van der Waals surface area contributed by atoms with Crippen molar-refractivity contribution >= 4 is 60.5 Å². The van der Waals surface area contributed by atoms with Crippen LogP contribution in [0.25, 0.3) is 5.57 Å². The minimum Gasteiger partial charge on any atom is -0.147 e. The zero-order valence-electron chi connectivity index (χ0n) is 19.6. The zero-order valence-corrected chi connectivity index (χ0v) is 26.6. The van der Waals surface area contributed by atoms with E-state index in [0.717, 1.165) is 5.56 Å². The van der Waals surface area contributed by atoms with Crippen LogP contribution in [-0.2, 0) is 17.4 Å². The summed E-state index contributed by atoms with van der Waals surface area (Å²) in [6.45, 7) is 11.8. The molecule has 0 fully saturated rings. The number of benzene rings is 2. The van der Waals surface area contributed by atoms with Crippen LogP contribution in [0, 0.1) is 5.92 Å². The molecule has 0 nitrogen and oxygen atoms in total. The fourth-order valence-electron chi connectivity index (χ4n) is 5.94. The fraction of sp³-hybridized carbons (Fsp3) is 0.308. The number of fused-ring (bicyclic) bond motifs is 1. The van der Waals surface area contributed by atoms with Crippen LogP contribution < -0.4 is 0 Å². The number of rotatable bonds is 3. The fourth-order valence-corrected chi connectivity index (χ4v) is 25.0. The first-order valence-electron chi connectivity index (χ1n) is 10.6. The maximum Gasteiger partial charge on any atom is -0.147 e. The van der Waals surface area contributed by atoms with Crippen LogP contribution >= 0.6 is 48.0 Å². The first kappa shape index (κ1) is 28.2. The maximum atomic E-state index is 6.37. The second-order valence-corrected chi connectivity index (χ2v) is 40.6. The molecule has 2 atom stereocenters. The van der Waals surface area contributed by atoms with Crippen molar-refractivity contribution in [2.75, 3.05) is 0 Å². The SMILES string of the molecule is CC1=C(C)C(C)[C]([Zr]([CH3])([CH3])(=[SiH2])[CH]2C=C(c3cc(Cl)cc(Cl)c3)c3ccccc32)=C1C.Cl.Cl. The summed E-state index contributed by atoms with van der Waals surface area (Å²) in [6, 6.07) is 14.8. The molecule has 2 aromatic rings. The molecule has 0 saturated carbocycles. The standard InChI is InChI=1S/C15H9Cl2.C9H13.2CH3.2ClH.H2Si.Zr/c16-12-7-11(8-13(17)9-12)15-6-5-10-3-1-2-4-14(10)15;1-6-5-7(2)9(4)8(6)3;;;;;;/h1-9H;6H,1-4H3;2*1H3;2*1H;1H2;. The van der Waals surface area contributed by atoms with Gasteiger partial charge in [-0.1, -0.05) is 0 Å². The van der Waals surface area contributed by atoms with Crippen molar-refractivity contribution in [2.45, 2.75) is 40.6 Å². The Kier molecular flexibility index (Phi) is 8.38. The summed E-state index contributed by atoms with van der Waals surface area (Å²) in [6.07, 6.45) is 2.54. The van der Waals surface area contributed by atoms with Gasteiger partial charge in [-0.3, -0.25) is 0 Å². The third kappa shape index (κ3) is 4.46. The molecule has 32 heavy (non-hydrogen) atoms. The van der Waals surface area contributed by atoms with E-state index in [4.69, 9.17) is 23.2 Å². The Morgan fingerprint density at radius 3 is 1.97 bits per heavy atom. The molecule has 0 aromatic heterocycles. The molecule has 0 N–H and O–H groups in total. The van der Waals surface area contributed by atoms with E-state index in [-0.39, 0.29) is 24.8 Å². The van der Waals surface area contributed by atoms with Gasteiger partial charge in [0.05, 0.1) is 0 Å². The number of hydrogen-bond acceptors (Lipinski definition) is 0. The van der Waals surface area contributed by atoms with Crippen LogP contribution in [0.4, 0.5) is 0 Å². The van der Waals surface area contributed by atoms with Crippen molar-refractivity contribution in [1.29, 1.82) is 0 Å². The van der Waals surface area contributed by atoms with Gasteiger partial charge in [0.1, 0.15) is 0 Å². The van der Waals surface area contributed by atoms with Gasteiger partial charge < -0.3 is 0 Å². The Labute approximate surface area is 217 Å². The van der Waals surface area contributed by atoms with E-state index in [2.05, 4.69) is 74.2 Å². The van der Waals surface area contributed by atoms with Crippen molar-refractivity contribution < 1.29 is 17.4 Å². The van der Waals surface area contributed by atoms with Crippen molar-refractivity contribution in [2.24, 2.45) is 5.92 Å². The summed E-state index contributed by atoms with van der Waals surface area (Å²) in [5.41, 5.74) is 9.82. The summed E-state index contributed by atoms with van der Waals surface area (Å²) < 4.78 is 7.53. The Morgan fingerprint density at radius 2 is 1.44 bits per heavy atom. The van der Waals surface area contributed by atoms with E-state index < -0.39 is 17.4 Å². The van der Waals surface area contributed by atoms with Crippen molar-refractivity contribution in [3.63, 3.8) is 0 Å². The first-order chi connectivity index (χ1) is 13.9. The van der Waals surface area contributed by atoms with Crippen LogP contribution in [0.3, 0.4) is 0 Å². The normalized spacial score (nSPS) is 20.6. The first-order valence-corrected chi connectivity index (χ1v) is 24.9. The Morgan fingerprint density at radius 1 is 0.875 bits per heavy atom. The molecule has 2 aliphatic rings. The summed E-state index contributed by atoms with van der Waals surface area (Å²) in [5.74, 6) is 0.549. The number of halogens is 4. The minimum absolute atomic E-state index is 0. The van der Waals surface area contributed by atoms with Crippen LogP contribution in [0.5, 0.6) is 0 Å². The molecule has 0 radical (unpaired) electrons. The van der Waals surface area contributed by atoms with E-state index in [0.29, 0.717) is 19.6 Å². The molecule has 0 amide bonds. The maximum absolute atomic E-state index is 6.37. The van der Waals surface area contributed by atoms with Gasteiger partial charge in [0.25, 0.3) is 0 Å². The molecule has 0 bridgehead atoms. The van der Waals surface area contributed by atoms with E-state index in [1.165, 1.54) is 22.3 Å². The molecule has 0 aliphatic heterocycles. The van der Waals surface area contributed by atoms with Crippen molar-refractivity contribution in [1.82, 2.24) is 0 Å². The van der Waals surface area contributed by atoms with Gasteiger partial charge in [0.2, 0.25) is 0 Å². The van der Waals surface area contributed by atoms with Gasteiger partial charge in [0.15, 0.2) is 0 Å². The number of allylic oxidation sites excluding steroid dienone is 5. The topological polar surface area (TPSA) is 0 Å². The Hall–Kier alpha value is -0.0800. The summed E-state index contributed by atoms with van der Waals surface area (Å²) in [4.78, 5) is 0. The number of hydrogen-bond donors (Lipinski definition) is 0. The van der Waals surface area contributed by atoms with Crippen LogP contribution in [0.2, 0.25) is 19.3 Å². The zero-order chi connectivity index (χ0) is 22.0. The average Bonchev–Trinajstić information content (AvgIpc) is 3.14. The van der Waals surface area contributed by atoms with Gasteiger partial charge in [-0.05, 0) is 0 Å². The summed E-state index contributed by atoms with van der Waals surface area (Å²) >= 11 is 9.36. The van der Waals surface area contributed by atoms with Gasteiger partial charge in [-0.25, -0.2) is 0 Å². The quantitative estimate of drug-likeness (QED) is 0.307. The second kappa shape index (κ2) is 9.52. The molecule has 172 valence electrons. The molecule has 4 rings (SSSR count). The van der Waals surface area contributed by atoms with Crippen molar-refractivity contribution in [3.05, 3.63) is 95.3 Å². The van der Waals surface area contributed by atoms with E-state index >= 15 is 0 Å². The third-order valence-corrected chi connectivity index (χ3v) is 25.3. The Balaban J connectivity index is 0.00000181. The van der Waals surface area contributed by atoms with Crippen LogP contribution in [0.15, 0.2) is 68.5 Å². The summed E-state index contributed by atoms with van der Waals surface area (Å²) in [5, 5.41) is 1.38. The van der Waals surface area contributed by atoms with Gasteiger partial charge >= 0.3 is 195 Å². The molecule has 6 heteroatoms. The average molecular weight is 606 g/mol.